The maximum atomic E-state index is 12.6. The largest absolute Gasteiger partial charge is 0.604 e. The molecule has 2 aromatic carbocycles. The average molecular weight is 471 g/mol. The highest BCUT2D eigenvalue weighted by Gasteiger charge is 2.46. The lowest BCUT2D eigenvalue weighted by molar-refractivity contribution is -0.0435. The summed E-state index contributed by atoms with van der Waals surface area (Å²) in [6, 6.07) is 8.57. The van der Waals surface area contributed by atoms with Crippen LogP contribution in [0.15, 0.2) is 61.7 Å². The fourth-order valence-electron chi connectivity index (χ4n) is 2.66. The number of halogens is 3. The number of ether oxygens (including phenoxy) is 2. The van der Waals surface area contributed by atoms with Crippen LogP contribution in [0, 0.1) is 0 Å². The third-order valence-electron chi connectivity index (χ3n) is 4.16. The summed E-state index contributed by atoms with van der Waals surface area (Å²) in [5.41, 5.74) is -7.46. The normalized spacial score (nSPS) is 12.4. The second-order valence-electron chi connectivity index (χ2n) is 6.26. The highest BCUT2D eigenvalue weighted by atomic mass is 32.2. The molecule has 3 aromatic rings. The Bertz CT molecular complexity index is 1300. The molecule has 1 N–H and O–H groups in total. The summed E-state index contributed by atoms with van der Waals surface area (Å²) in [6.07, 6.45) is 0. The van der Waals surface area contributed by atoms with Crippen LogP contribution in [-0.2, 0) is 18.2 Å². The van der Waals surface area contributed by atoms with Crippen molar-refractivity contribution in [3.05, 3.63) is 73.9 Å². The lowest BCUT2D eigenvalue weighted by Gasteiger charge is -2.15. The molecular formula is C19H16F3N3O6S. The van der Waals surface area contributed by atoms with Crippen molar-refractivity contribution in [1.29, 1.82) is 0 Å². The van der Waals surface area contributed by atoms with E-state index in [2.05, 4.69) is 0 Å². The number of hydrogen-bond donors (Lipinski definition) is 1. The number of H-pyrrole nitrogens is 1. The molecule has 0 aliphatic carbocycles. The molecule has 0 saturated heterocycles. The molecule has 0 saturated carbocycles. The fourth-order valence-corrected chi connectivity index (χ4v) is 3.31. The minimum atomic E-state index is -4.88. The van der Waals surface area contributed by atoms with Crippen molar-refractivity contribution < 1.29 is 27.2 Å². The lowest BCUT2D eigenvalue weighted by Crippen LogP contribution is -2.47. The molecular weight excluding hydrogens is 455 g/mol. The van der Waals surface area contributed by atoms with Gasteiger partial charge in [-0.25, -0.2) is 23.5 Å². The first-order chi connectivity index (χ1) is 15.0. The van der Waals surface area contributed by atoms with E-state index in [0.29, 0.717) is 0 Å². The van der Waals surface area contributed by atoms with E-state index in [-0.39, 0.29) is 29.5 Å². The first kappa shape index (κ1) is 23.2. The van der Waals surface area contributed by atoms with Crippen LogP contribution in [0.4, 0.5) is 13.2 Å². The fraction of sp³-hybridized carbons (Fsp3) is 0.211. The van der Waals surface area contributed by atoms with E-state index in [4.69, 9.17) is 9.47 Å². The van der Waals surface area contributed by atoms with E-state index < -0.39 is 38.6 Å². The SMILES string of the molecule is CCOc1cc(-n2c(=O)[nH]c(=O)n(C)c2=O)ccc1Oc1ccc([S+]([O-])C(F)(F)F)cc1. The summed E-state index contributed by atoms with van der Waals surface area (Å²) in [6.45, 7) is 1.88. The van der Waals surface area contributed by atoms with E-state index in [1.54, 1.807) is 6.92 Å². The van der Waals surface area contributed by atoms with Gasteiger partial charge < -0.3 is 14.0 Å². The number of benzene rings is 2. The van der Waals surface area contributed by atoms with Crippen LogP contribution in [-0.4, -0.2) is 30.8 Å². The van der Waals surface area contributed by atoms with E-state index in [1.165, 1.54) is 37.4 Å². The van der Waals surface area contributed by atoms with Gasteiger partial charge >= 0.3 is 22.6 Å². The zero-order valence-corrected chi connectivity index (χ0v) is 17.5. The van der Waals surface area contributed by atoms with Crippen molar-refractivity contribution in [1.82, 2.24) is 14.1 Å². The molecule has 0 aliphatic heterocycles. The van der Waals surface area contributed by atoms with E-state index in [0.717, 1.165) is 21.3 Å². The van der Waals surface area contributed by atoms with Crippen LogP contribution >= 0.6 is 0 Å². The number of nitrogens with one attached hydrogen (secondary N) is 1. The molecule has 3 rings (SSSR count). The highest BCUT2D eigenvalue weighted by Crippen LogP contribution is 2.35. The summed E-state index contributed by atoms with van der Waals surface area (Å²) in [4.78, 5) is 37.6. The molecule has 0 spiro atoms. The predicted octanol–water partition coefficient (Wildman–Crippen LogP) is 2.04. The quantitative estimate of drug-likeness (QED) is 0.550. The van der Waals surface area contributed by atoms with Gasteiger partial charge in [-0.2, -0.15) is 0 Å². The lowest BCUT2D eigenvalue weighted by atomic mass is 10.2. The molecule has 13 heteroatoms. The van der Waals surface area contributed by atoms with Crippen molar-refractivity contribution in [2.45, 2.75) is 17.3 Å². The topological polar surface area (TPSA) is 118 Å². The molecule has 32 heavy (non-hydrogen) atoms. The Morgan fingerprint density at radius 2 is 1.69 bits per heavy atom. The summed E-state index contributed by atoms with van der Waals surface area (Å²) < 4.78 is 61.7. The van der Waals surface area contributed by atoms with Crippen molar-refractivity contribution >= 4 is 11.2 Å². The third kappa shape index (κ3) is 4.73. The number of alkyl halides is 3. The van der Waals surface area contributed by atoms with Gasteiger partial charge in [0.1, 0.15) is 5.75 Å². The van der Waals surface area contributed by atoms with E-state index in [9.17, 15) is 32.1 Å². The molecule has 1 aromatic heterocycles. The summed E-state index contributed by atoms with van der Waals surface area (Å²) in [5, 5.41) is 0. The second kappa shape index (κ2) is 8.96. The van der Waals surface area contributed by atoms with Gasteiger partial charge in [0.05, 0.1) is 23.5 Å². The van der Waals surface area contributed by atoms with Crippen LogP contribution in [0.3, 0.4) is 0 Å². The van der Waals surface area contributed by atoms with Gasteiger partial charge in [0.2, 0.25) is 0 Å². The molecule has 170 valence electrons. The van der Waals surface area contributed by atoms with Crippen LogP contribution in [0.5, 0.6) is 17.2 Å². The summed E-state index contributed by atoms with van der Waals surface area (Å²) in [5.74, 6) is 0.418. The Morgan fingerprint density at radius 3 is 2.28 bits per heavy atom. The second-order valence-corrected chi connectivity index (χ2v) is 7.74. The molecule has 9 nitrogen and oxygen atoms in total. The number of aromatic nitrogens is 3. The zero-order valence-electron chi connectivity index (χ0n) is 16.6. The van der Waals surface area contributed by atoms with E-state index >= 15 is 0 Å². The number of aromatic amines is 1. The Hall–Kier alpha value is -3.45. The maximum absolute atomic E-state index is 12.6. The Kier molecular flexibility index (Phi) is 6.50. The van der Waals surface area contributed by atoms with Crippen molar-refractivity contribution in [3.63, 3.8) is 0 Å². The van der Waals surface area contributed by atoms with Crippen molar-refractivity contribution in [3.8, 4) is 22.9 Å². The molecule has 0 aliphatic rings. The zero-order chi connectivity index (χ0) is 23.6. The summed E-state index contributed by atoms with van der Waals surface area (Å²) >= 11 is -3.16. The van der Waals surface area contributed by atoms with Crippen LogP contribution in [0.25, 0.3) is 5.69 Å². The van der Waals surface area contributed by atoms with Gasteiger partial charge in [-0.15, -0.1) is 13.2 Å². The third-order valence-corrected chi connectivity index (χ3v) is 5.28. The van der Waals surface area contributed by atoms with Gasteiger partial charge in [0, 0.05) is 13.1 Å². The molecule has 1 unspecified atom stereocenters. The Balaban J connectivity index is 1.96. The van der Waals surface area contributed by atoms with Crippen molar-refractivity contribution in [2.75, 3.05) is 6.61 Å². The molecule has 1 atom stereocenters. The minimum Gasteiger partial charge on any atom is -0.604 e. The molecule has 0 amide bonds. The van der Waals surface area contributed by atoms with Crippen molar-refractivity contribution in [2.24, 2.45) is 7.05 Å². The van der Waals surface area contributed by atoms with Crippen LogP contribution in [0.1, 0.15) is 6.92 Å². The Morgan fingerprint density at radius 1 is 1.03 bits per heavy atom. The number of nitrogens with zero attached hydrogens (tertiary/aromatic N) is 2. The van der Waals surface area contributed by atoms with Gasteiger partial charge in [0.15, 0.2) is 16.4 Å². The monoisotopic (exact) mass is 471 g/mol. The molecule has 0 bridgehead atoms. The number of rotatable bonds is 6. The molecule has 0 radical (unpaired) electrons. The number of hydrogen-bond acceptors (Lipinski definition) is 6. The molecule has 0 fully saturated rings. The van der Waals surface area contributed by atoms with Crippen LogP contribution < -0.4 is 26.5 Å². The first-order valence-corrected chi connectivity index (χ1v) is 10.1. The van der Waals surface area contributed by atoms with Gasteiger partial charge in [0.25, 0.3) is 0 Å². The maximum Gasteiger partial charge on any atom is 0.578 e. The minimum absolute atomic E-state index is 0.0959. The van der Waals surface area contributed by atoms with Crippen LogP contribution in [0.2, 0.25) is 0 Å². The predicted molar refractivity (Wildman–Crippen MR) is 108 cm³/mol. The first-order valence-electron chi connectivity index (χ1n) is 8.99. The smallest absolute Gasteiger partial charge is 0.578 e. The average Bonchev–Trinajstić information content (AvgIpc) is 2.73. The standard InChI is InChI=1S/C19H16F3N3O6S/c1-3-30-15-10-11(25-17(27)23-16(26)24(2)18(25)28)4-9-14(15)31-12-5-7-13(8-6-12)32(29)19(20,21)22/h4-10H,3H2,1-2H3,(H,23,26,27). The summed E-state index contributed by atoms with van der Waals surface area (Å²) in [7, 11) is 1.20. The molecule has 1 heterocycles. The van der Waals surface area contributed by atoms with Gasteiger partial charge in [-0.3, -0.25) is 4.98 Å². The van der Waals surface area contributed by atoms with Gasteiger partial charge in [-0.05, 0) is 43.3 Å². The van der Waals surface area contributed by atoms with E-state index in [1.807, 2.05) is 4.98 Å². The Labute approximate surface area is 180 Å². The highest BCUT2D eigenvalue weighted by molar-refractivity contribution is 7.92. The van der Waals surface area contributed by atoms with Gasteiger partial charge in [-0.1, -0.05) is 0 Å².